The quantitative estimate of drug-likeness (QED) is 0.279. The van der Waals surface area contributed by atoms with Crippen LogP contribution in [0.4, 0.5) is 0 Å². The number of para-hydroxylation sites is 3. The summed E-state index contributed by atoms with van der Waals surface area (Å²) in [5.74, 6) is 2.37. The van der Waals surface area contributed by atoms with Crippen LogP contribution in [0.15, 0.2) is 78.9 Å². The molecular formula is C30H33N3O2. The van der Waals surface area contributed by atoms with Crippen LogP contribution in [0.1, 0.15) is 42.1 Å². The Morgan fingerprint density at radius 2 is 1.69 bits per heavy atom. The average Bonchev–Trinajstić information content (AvgIpc) is 3.44. The molecule has 1 aromatic heterocycles. The van der Waals surface area contributed by atoms with Crippen molar-refractivity contribution in [1.29, 1.82) is 0 Å². The number of likely N-dealkylation sites (tertiary alicyclic amines) is 1. The van der Waals surface area contributed by atoms with Gasteiger partial charge in [-0.3, -0.25) is 4.79 Å². The fourth-order valence-electron chi connectivity index (χ4n) is 4.98. The molecule has 4 aromatic rings. The summed E-state index contributed by atoms with van der Waals surface area (Å²) in [7, 11) is 0. The molecule has 35 heavy (non-hydrogen) atoms. The number of carbonyl (C=O) groups is 1. The predicted octanol–water partition coefficient (Wildman–Crippen LogP) is 5.76. The van der Waals surface area contributed by atoms with Crippen molar-refractivity contribution in [3.8, 4) is 5.75 Å². The molecule has 2 heterocycles. The average molecular weight is 468 g/mol. The van der Waals surface area contributed by atoms with Crippen LogP contribution in [0.2, 0.25) is 0 Å². The minimum absolute atomic E-state index is 0.133. The van der Waals surface area contributed by atoms with Crippen LogP contribution in [-0.2, 0) is 17.8 Å². The SMILES string of the molecule is Cc1ccccc1OCCCCn1c(C2CC(=O)N(CCc3ccccc3)C2)nc2ccccc21. The summed E-state index contributed by atoms with van der Waals surface area (Å²) < 4.78 is 8.32. The molecule has 0 N–H and O–H groups in total. The number of fused-ring (bicyclic) bond motifs is 1. The Bertz CT molecular complexity index is 1280. The van der Waals surface area contributed by atoms with Gasteiger partial charge in [0.1, 0.15) is 11.6 Å². The number of hydrogen-bond acceptors (Lipinski definition) is 3. The zero-order valence-electron chi connectivity index (χ0n) is 20.4. The van der Waals surface area contributed by atoms with Gasteiger partial charge in [-0.15, -0.1) is 0 Å². The Kier molecular flexibility index (Phi) is 7.12. The molecule has 3 aromatic carbocycles. The minimum atomic E-state index is 0.133. The summed E-state index contributed by atoms with van der Waals surface area (Å²) in [4.78, 5) is 19.8. The van der Waals surface area contributed by atoms with Crippen molar-refractivity contribution in [2.24, 2.45) is 0 Å². The van der Waals surface area contributed by atoms with Gasteiger partial charge in [0.25, 0.3) is 0 Å². The lowest BCUT2D eigenvalue weighted by molar-refractivity contribution is -0.127. The number of amides is 1. The van der Waals surface area contributed by atoms with Crippen LogP contribution in [0.5, 0.6) is 5.75 Å². The van der Waals surface area contributed by atoms with E-state index in [0.29, 0.717) is 13.0 Å². The highest BCUT2D eigenvalue weighted by Crippen LogP contribution is 2.31. The highest BCUT2D eigenvalue weighted by atomic mass is 16.5. The van der Waals surface area contributed by atoms with Crippen molar-refractivity contribution in [3.63, 3.8) is 0 Å². The number of imidazole rings is 1. The third-order valence-corrected chi connectivity index (χ3v) is 6.90. The van der Waals surface area contributed by atoms with Crippen molar-refractivity contribution in [2.45, 2.75) is 45.1 Å². The van der Waals surface area contributed by atoms with Crippen molar-refractivity contribution in [1.82, 2.24) is 14.5 Å². The van der Waals surface area contributed by atoms with Crippen LogP contribution in [-0.4, -0.2) is 40.1 Å². The lowest BCUT2D eigenvalue weighted by Gasteiger charge is -2.17. The van der Waals surface area contributed by atoms with Crippen LogP contribution in [0.3, 0.4) is 0 Å². The van der Waals surface area contributed by atoms with Gasteiger partial charge in [0, 0.05) is 32.0 Å². The highest BCUT2D eigenvalue weighted by Gasteiger charge is 2.33. The first kappa shape index (κ1) is 23.2. The number of ether oxygens (including phenoxy) is 1. The third-order valence-electron chi connectivity index (χ3n) is 6.90. The summed E-state index contributed by atoms with van der Waals surface area (Å²) >= 11 is 0. The molecule has 5 heteroatoms. The third kappa shape index (κ3) is 5.40. The fourth-order valence-corrected chi connectivity index (χ4v) is 4.98. The molecule has 1 aliphatic rings. The Balaban J connectivity index is 1.23. The Hall–Kier alpha value is -3.60. The number of aryl methyl sites for hydroxylation is 2. The standard InChI is InChI=1S/C30H33N3O2/c1-23-11-5-8-16-28(23)35-20-10-9-18-33-27-15-7-6-14-26(27)31-30(33)25-21-29(34)32(22-25)19-17-24-12-3-2-4-13-24/h2-8,11-16,25H,9-10,17-22H2,1H3. The molecule has 0 aliphatic carbocycles. The largest absolute Gasteiger partial charge is 0.493 e. The number of rotatable bonds is 10. The summed E-state index contributed by atoms with van der Waals surface area (Å²) in [5.41, 5.74) is 4.59. The van der Waals surface area contributed by atoms with Crippen molar-refractivity contribution in [3.05, 3.63) is 95.8 Å². The maximum absolute atomic E-state index is 12.8. The monoisotopic (exact) mass is 467 g/mol. The first-order valence-corrected chi connectivity index (χ1v) is 12.6. The Labute approximate surface area is 207 Å². The summed E-state index contributed by atoms with van der Waals surface area (Å²) in [6, 6.07) is 26.8. The maximum Gasteiger partial charge on any atom is 0.223 e. The van der Waals surface area contributed by atoms with Crippen molar-refractivity contribution < 1.29 is 9.53 Å². The number of nitrogens with zero attached hydrogens (tertiary/aromatic N) is 3. The molecule has 0 radical (unpaired) electrons. The lowest BCUT2D eigenvalue weighted by Crippen LogP contribution is -2.27. The van der Waals surface area contributed by atoms with E-state index in [1.54, 1.807) is 0 Å². The molecule has 1 unspecified atom stereocenters. The van der Waals surface area contributed by atoms with E-state index in [9.17, 15) is 4.79 Å². The smallest absolute Gasteiger partial charge is 0.223 e. The molecule has 0 bridgehead atoms. The van der Waals surface area contributed by atoms with E-state index in [0.717, 1.165) is 67.1 Å². The van der Waals surface area contributed by atoms with Crippen LogP contribution < -0.4 is 4.74 Å². The van der Waals surface area contributed by atoms with Crippen molar-refractivity contribution >= 4 is 16.9 Å². The van der Waals surface area contributed by atoms with Gasteiger partial charge in [0.2, 0.25) is 5.91 Å². The number of carbonyl (C=O) groups excluding carboxylic acids is 1. The summed E-state index contributed by atoms with van der Waals surface area (Å²) in [6.07, 6.45) is 3.38. The lowest BCUT2D eigenvalue weighted by atomic mass is 10.1. The molecule has 180 valence electrons. The van der Waals surface area contributed by atoms with Crippen LogP contribution in [0.25, 0.3) is 11.0 Å². The minimum Gasteiger partial charge on any atom is -0.493 e. The van der Waals surface area contributed by atoms with E-state index < -0.39 is 0 Å². The van der Waals surface area contributed by atoms with Crippen LogP contribution >= 0.6 is 0 Å². The number of hydrogen-bond donors (Lipinski definition) is 0. The number of benzene rings is 3. The van der Waals surface area contributed by atoms with E-state index in [1.807, 2.05) is 35.2 Å². The molecule has 1 aliphatic heterocycles. The van der Waals surface area contributed by atoms with E-state index in [2.05, 4.69) is 60.0 Å². The Morgan fingerprint density at radius 3 is 2.54 bits per heavy atom. The van der Waals surface area contributed by atoms with Gasteiger partial charge in [-0.05, 0) is 55.5 Å². The zero-order valence-corrected chi connectivity index (χ0v) is 20.4. The molecule has 0 saturated carbocycles. The van der Waals surface area contributed by atoms with Gasteiger partial charge in [0.05, 0.1) is 17.6 Å². The van der Waals surface area contributed by atoms with E-state index >= 15 is 0 Å². The molecule has 5 rings (SSSR count). The molecule has 5 nitrogen and oxygen atoms in total. The van der Waals surface area contributed by atoms with E-state index in [4.69, 9.17) is 9.72 Å². The van der Waals surface area contributed by atoms with Gasteiger partial charge in [-0.1, -0.05) is 60.7 Å². The first-order chi connectivity index (χ1) is 17.2. The summed E-state index contributed by atoms with van der Waals surface area (Å²) in [6.45, 7) is 5.15. The van der Waals surface area contributed by atoms with E-state index in [1.165, 1.54) is 5.56 Å². The molecule has 1 saturated heterocycles. The number of aromatic nitrogens is 2. The second kappa shape index (κ2) is 10.8. The van der Waals surface area contributed by atoms with Gasteiger partial charge in [0.15, 0.2) is 0 Å². The molecule has 1 amide bonds. The number of unbranched alkanes of at least 4 members (excludes halogenated alkanes) is 1. The van der Waals surface area contributed by atoms with E-state index in [-0.39, 0.29) is 11.8 Å². The van der Waals surface area contributed by atoms with Gasteiger partial charge in [-0.25, -0.2) is 4.98 Å². The molecule has 1 fully saturated rings. The van der Waals surface area contributed by atoms with Crippen LogP contribution in [0, 0.1) is 6.92 Å². The normalized spacial score (nSPS) is 15.7. The van der Waals surface area contributed by atoms with Gasteiger partial charge < -0.3 is 14.2 Å². The second-order valence-electron chi connectivity index (χ2n) is 9.41. The highest BCUT2D eigenvalue weighted by molar-refractivity contribution is 5.81. The topological polar surface area (TPSA) is 47.4 Å². The summed E-state index contributed by atoms with van der Waals surface area (Å²) in [5, 5.41) is 0. The fraction of sp³-hybridized carbons (Fsp3) is 0.333. The maximum atomic E-state index is 12.8. The molecule has 0 spiro atoms. The Morgan fingerprint density at radius 1 is 0.914 bits per heavy atom. The second-order valence-corrected chi connectivity index (χ2v) is 9.41. The van der Waals surface area contributed by atoms with Gasteiger partial charge >= 0.3 is 0 Å². The molecule has 1 atom stereocenters. The molecular weight excluding hydrogens is 434 g/mol. The predicted molar refractivity (Wildman–Crippen MR) is 140 cm³/mol. The zero-order chi connectivity index (χ0) is 24.0. The van der Waals surface area contributed by atoms with Crippen molar-refractivity contribution in [2.75, 3.05) is 19.7 Å². The van der Waals surface area contributed by atoms with Gasteiger partial charge in [-0.2, -0.15) is 0 Å². The first-order valence-electron chi connectivity index (χ1n) is 12.6.